The lowest BCUT2D eigenvalue weighted by Crippen LogP contribution is -2.26. The zero-order valence-corrected chi connectivity index (χ0v) is 7.63. The van der Waals surface area contributed by atoms with Crippen LogP contribution in [0.1, 0.15) is 40.0 Å². The Morgan fingerprint density at radius 1 is 1.27 bits per heavy atom. The predicted octanol–water partition coefficient (Wildman–Crippen LogP) is 1.71. The van der Waals surface area contributed by atoms with Crippen molar-refractivity contribution in [3.63, 3.8) is 0 Å². The number of ether oxygens (including phenoxy) is 1. The zero-order valence-electron chi connectivity index (χ0n) is 7.63. The van der Waals surface area contributed by atoms with Crippen molar-refractivity contribution in [2.75, 3.05) is 0 Å². The zero-order chi connectivity index (χ0) is 8.48. The maximum absolute atomic E-state index is 9.22. The molecular weight excluding hydrogens is 140 g/mol. The highest BCUT2D eigenvalue weighted by Crippen LogP contribution is 2.25. The second-order valence-corrected chi connectivity index (χ2v) is 4.32. The summed E-state index contributed by atoms with van der Waals surface area (Å²) < 4.78 is 5.71. The first-order valence-electron chi connectivity index (χ1n) is 4.33. The molecule has 2 heteroatoms. The Morgan fingerprint density at radius 3 is 2.27 bits per heavy atom. The second kappa shape index (κ2) is 3.11. The molecule has 0 heterocycles. The second-order valence-electron chi connectivity index (χ2n) is 4.32. The van der Waals surface area contributed by atoms with Crippen LogP contribution in [0.15, 0.2) is 0 Å². The summed E-state index contributed by atoms with van der Waals surface area (Å²) in [6, 6.07) is 0. The van der Waals surface area contributed by atoms with Gasteiger partial charge in [-0.1, -0.05) is 0 Å². The van der Waals surface area contributed by atoms with E-state index in [1.54, 1.807) is 0 Å². The highest BCUT2D eigenvalue weighted by atomic mass is 16.5. The molecule has 0 spiro atoms. The molecule has 1 aliphatic carbocycles. The Morgan fingerprint density at radius 2 is 1.91 bits per heavy atom. The molecule has 2 nitrogen and oxygen atoms in total. The lowest BCUT2D eigenvalue weighted by atomic mass is 10.1. The van der Waals surface area contributed by atoms with Gasteiger partial charge in [0.25, 0.3) is 0 Å². The minimum absolute atomic E-state index is 0.0608. The van der Waals surface area contributed by atoms with E-state index in [0.717, 1.165) is 19.3 Å². The average Bonchev–Trinajstić information content (AvgIpc) is 2.10. The Kier molecular flexibility index (Phi) is 2.55. The summed E-state index contributed by atoms with van der Waals surface area (Å²) in [7, 11) is 0. The molecule has 66 valence electrons. The fourth-order valence-corrected chi connectivity index (χ4v) is 1.52. The van der Waals surface area contributed by atoms with Crippen LogP contribution in [0.5, 0.6) is 0 Å². The first kappa shape index (κ1) is 9.01. The maximum Gasteiger partial charge on any atom is 0.0607 e. The van der Waals surface area contributed by atoms with E-state index in [2.05, 4.69) is 20.8 Å². The maximum atomic E-state index is 9.22. The van der Waals surface area contributed by atoms with E-state index in [1.165, 1.54) is 0 Å². The minimum atomic E-state index is -0.123. The largest absolute Gasteiger partial charge is 0.393 e. The molecule has 1 unspecified atom stereocenters. The Labute approximate surface area is 68.6 Å². The number of aliphatic hydroxyl groups is 1. The van der Waals surface area contributed by atoms with Gasteiger partial charge in [0, 0.05) is 0 Å². The number of aliphatic hydroxyl groups excluding tert-OH is 1. The van der Waals surface area contributed by atoms with Crippen molar-refractivity contribution in [2.24, 2.45) is 0 Å². The molecule has 0 aromatic rings. The van der Waals surface area contributed by atoms with Crippen LogP contribution in [0.25, 0.3) is 0 Å². The van der Waals surface area contributed by atoms with Crippen LogP contribution in [0, 0.1) is 0 Å². The van der Waals surface area contributed by atoms with Gasteiger partial charge in [-0.05, 0) is 40.0 Å². The predicted molar refractivity (Wildman–Crippen MR) is 44.5 cm³/mol. The molecule has 0 aliphatic heterocycles. The fourth-order valence-electron chi connectivity index (χ4n) is 1.52. The van der Waals surface area contributed by atoms with Gasteiger partial charge in [0.05, 0.1) is 17.8 Å². The molecule has 0 radical (unpaired) electrons. The third-order valence-corrected chi connectivity index (χ3v) is 1.88. The third kappa shape index (κ3) is 3.21. The molecule has 1 saturated carbocycles. The Balaban J connectivity index is 2.29. The van der Waals surface area contributed by atoms with Gasteiger partial charge in [-0.25, -0.2) is 0 Å². The van der Waals surface area contributed by atoms with E-state index >= 15 is 0 Å². The van der Waals surface area contributed by atoms with E-state index in [1.807, 2.05) is 0 Å². The number of hydrogen-bond donors (Lipinski definition) is 1. The number of rotatable bonds is 1. The van der Waals surface area contributed by atoms with Gasteiger partial charge in [-0.3, -0.25) is 0 Å². The van der Waals surface area contributed by atoms with Crippen LogP contribution < -0.4 is 0 Å². The van der Waals surface area contributed by atoms with Crippen LogP contribution >= 0.6 is 0 Å². The van der Waals surface area contributed by atoms with Crippen molar-refractivity contribution in [3.8, 4) is 0 Å². The topological polar surface area (TPSA) is 29.5 Å². The van der Waals surface area contributed by atoms with Crippen LogP contribution in [-0.2, 0) is 4.74 Å². The normalized spacial score (nSPS) is 32.7. The van der Waals surface area contributed by atoms with Crippen molar-refractivity contribution in [2.45, 2.75) is 57.8 Å². The van der Waals surface area contributed by atoms with Gasteiger partial charge in [-0.15, -0.1) is 0 Å². The lowest BCUT2D eigenvalue weighted by molar-refractivity contribution is -0.0597. The molecule has 1 fully saturated rings. The monoisotopic (exact) mass is 158 g/mol. The highest BCUT2D eigenvalue weighted by molar-refractivity contribution is 4.77. The first-order valence-corrected chi connectivity index (χ1v) is 4.33. The summed E-state index contributed by atoms with van der Waals surface area (Å²) in [5, 5.41) is 9.22. The quantitative estimate of drug-likeness (QED) is 0.629. The van der Waals surface area contributed by atoms with Crippen molar-refractivity contribution >= 4 is 0 Å². The van der Waals surface area contributed by atoms with Gasteiger partial charge in [0.2, 0.25) is 0 Å². The third-order valence-electron chi connectivity index (χ3n) is 1.88. The van der Waals surface area contributed by atoms with Crippen LogP contribution in [0.2, 0.25) is 0 Å². The van der Waals surface area contributed by atoms with Crippen molar-refractivity contribution in [1.82, 2.24) is 0 Å². The van der Waals surface area contributed by atoms with Crippen molar-refractivity contribution in [1.29, 1.82) is 0 Å². The molecule has 2 atom stereocenters. The number of hydrogen-bond acceptors (Lipinski definition) is 2. The molecule has 1 rings (SSSR count). The van der Waals surface area contributed by atoms with E-state index in [0.29, 0.717) is 0 Å². The van der Waals surface area contributed by atoms with Crippen molar-refractivity contribution < 1.29 is 9.84 Å². The fraction of sp³-hybridized carbons (Fsp3) is 1.00. The summed E-state index contributed by atoms with van der Waals surface area (Å²) >= 11 is 0. The first-order chi connectivity index (χ1) is 4.97. The van der Waals surface area contributed by atoms with Crippen LogP contribution in [0.4, 0.5) is 0 Å². The lowest BCUT2D eigenvalue weighted by Gasteiger charge is -2.24. The molecule has 11 heavy (non-hydrogen) atoms. The van der Waals surface area contributed by atoms with Gasteiger partial charge in [-0.2, -0.15) is 0 Å². The van der Waals surface area contributed by atoms with E-state index in [9.17, 15) is 5.11 Å². The summed E-state index contributed by atoms with van der Waals surface area (Å²) in [6.45, 7) is 6.16. The molecule has 0 amide bonds. The van der Waals surface area contributed by atoms with Gasteiger partial charge >= 0.3 is 0 Å². The van der Waals surface area contributed by atoms with Crippen molar-refractivity contribution in [3.05, 3.63) is 0 Å². The summed E-state index contributed by atoms with van der Waals surface area (Å²) in [6.07, 6.45) is 2.89. The van der Waals surface area contributed by atoms with E-state index < -0.39 is 0 Å². The molecule has 1 aliphatic rings. The van der Waals surface area contributed by atoms with Gasteiger partial charge in [0.15, 0.2) is 0 Å². The SMILES string of the molecule is CC(C)(C)O[C@@H]1CCC(O)C1. The molecule has 0 bridgehead atoms. The Hall–Kier alpha value is -0.0800. The molecular formula is C9H18O2. The average molecular weight is 158 g/mol. The van der Waals surface area contributed by atoms with Crippen LogP contribution in [0.3, 0.4) is 0 Å². The minimum Gasteiger partial charge on any atom is -0.393 e. The summed E-state index contributed by atoms with van der Waals surface area (Å²) in [5.41, 5.74) is -0.0608. The van der Waals surface area contributed by atoms with Gasteiger partial charge < -0.3 is 9.84 Å². The molecule has 1 N–H and O–H groups in total. The summed E-state index contributed by atoms with van der Waals surface area (Å²) in [5.74, 6) is 0. The van der Waals surface area contributed by atoms with E-state index in [-0.39, 0.29) is 17.8 Å². The van der Waals surface area contributed by atoms with Gasteiger partial charge in [0.1, 0.15) is 0 Å². The molecule has 0 aromatic carbocycles. The highest BCUT2D eigenvalue weighted by Gasteiger charge is 2.26. The molecule has 0 saturated heterocycles. The summed E-state index contributed by atoms with van der Waals surface area (Å²) in [4.78, 5) is 0. The van der Waals surface area contributed by atoms with E-state index in [4.69, 9.17) is 4.74 Å². The smallest absolute Gasteiger partial charge is 0.0607 e. The Bertz CT molecular complexity index is 126. The molecule has 0 aromatic heterocycles. The van der Waals surface area contributed by atoms with Crippen LogP contribution in [-0.4, -0.2) is 22.9 Å². The standard InChI is InChI=1S/C9H18O2/c1-9(2,3)11-8-5-4-7(10)6-8/h7-8,10H,4-6H2,1-3H3/t7?,8-/m1/s1.